The van der Waals surface area contributed by atoms with Gasteiger partial charge in [-0.05, 0) is 29.5 Å². The Morgan fingerprint density at radius 3 is 2.10 bits per heavy atom. The fraction of sp³-hybridized carbons (Fsp3) is 0.588. The van der Waals surface area contributed by atoms with Crippen LogP contribution in [-0.4, -0.2) is 26.3 Å². The van der Waals surface area contributed by atoms with Crippen molar-refractivity contribution in [3.8, 4) is 11.5 Å². The molecule has 0 aliphatic rings. The van der Waals surface area contributed by atoms with E-state index in [1.807, 2.05) is 18.2 Å². The van der Waals surface area contributed by atoms with Crippen molar-refractivity contribution in [1.82, 2.24) is 0 Å². The molecule has 0 bridgehead atoms. The third-order valence-corrected chi connectivity index (χ3v) is 2.73. The Kier molecular flexibility index (Phi) is 7.06. The van der Waals surface area contributed by atoms with E-state index in [4.69, 9.17) is 14.2 Å². The van der Waals surface area contributed by atoms with Gasteiger partial charge in [-0.3, -0.25) is 4.79 Å². The van der Waals surface area contributed by atoms with Crippen LogP contribution in [0, 0.1) is 11.8 Å². The first kappa shape index (κ1) is 17.3. The van der Waals surface area contributed by atoms with E-state index in [9.17, 15) is 4.79 Å². The van der Waals surface area contributed by atoms with Crippen LogP contribution in [0.25, 0.3) is 0 Å². The minimum atomic E-state index is -0.263. The average molecular weight is 294 g/mol. The largest absolute Gasteiger partial charge is 0.489 e. The van der Waals surface area contributed by atoms with Gasteiger partial charge in [-0.1, -0.05) is 33.8 Å². The summed E-state index contributed by atoms with van der Waals surface area (Å²) in [7, 11) is 1.39. The Hall–Kier alpha value is -1.71. The third kappa shape index (κ3) is 6.52. The van der Waals surface area contributed by atoms with Gasteiger partial charge in [0, 0.05) is 0 Å². The molecule has 0 spiro atoms. The van der Waals surface area contributed by atoms with Crippen LogP contribution in [0.2, 0.25) is 0 Å². The van der Waals surface area contributed by atoms with Crippen LogP contribution in [0.4, 0.5) is 0 Å². The maximum absolute atomic E-state index is 11.4. The maximum Gasteiger partial charge on any atom is 0.309 e. The molecular weight excluding hydrogens is 268 g/mol. The molecule has 1 rings (SSSR count). The van der Waals surface area contributed by atoms with Crippen molar-refractivity contribution in [3.05, 3.63) is 23.8 Å². The fourth-order valence-corrected chi connectivity index (χ4v) is 1.65. The molecule has 0 unspecified atom stereocenters. The first-order valence-electron chi connectivity index (χ1n) is 7.37. The summed E-state index contributed by atoms with van der Waals surface area (Å²) >= 11 is 0. The lowest BCUT2D eigenvalue weighted by Crippen LogP contribution is -2.10. The minimum Gasteiger partial charge on any atom is -0.489 e. The van der Waals surface area contributed by atoms with Crippen LogP contribution in [-0.2, 0) is 16.0 Å². The molecule has 4 nitrogen and oxygen atoms in total. The molecule has 0 aromatic heterocycles. The number of hydrogen-bond acceptors (Lipinski definition) is 4. The van der Waals surface area contributed by atoms with Gasteiger partial charge in [0.2, 0.25) is 0 Å². The topological polar surface area (TPSA) is 44.8 Å². The second-order valence-corrected chi connectivity index (χ2v) is 5.94. The van der Waals surface area contributed by atoms with Gasteiger partial charge < -0.3 is 14.2 Å². The molecule has 0 heterocycles. The fourth-order valence-electron chi connectivity index (χ4n) is 1.65. The highest BCUT2D eigenvalue weighted by Crippen LogP contribution is 2.29. The highest BCUT2D eigenvalue weighted by atomic mass is 16.5. The summed E-state index contributed by atoms with van der Waals surface area (Å²) in [6.45, 7) is 9.62. The molecule has 0 amide bonds. The van der Waals surface area contributed by atoms with Crippen molar-refractivity contribution in [3.63, 3.8) is 0 Å². The summed E-state index contributed by atoms with van der Waals surface area (Å²) in [5.41, 5.74) is 0.859. The van der Waals surface area contributed by atoms with Gasteiger partial charge >= 0.3 is 5.97 Å². The molecule has 1 aromatic carbocycles. The van der Waals surface area contributed by atoms with E-state index in [1.165, 1.54) is 7.11 Å². The molecular formula is C17H26O4. The van der Waals surface area contributed by atoms with E-state index in [2.05, 4.69) is 27.7 Å². The standard InChI is InChI=1S/C17H26O4/c1-12(2)10-20-15-7-6-14(9-17(18)19-5)8-16(15)21-11-13(3)4/h6-8,12-13H,9-11H2,1-5H3. The summed E-state index contributed by atoms with van der Waals surface area (Å²) < 4.78 is 16.3. The van der Waals surface area contributed by atoms with Crippen LogP contribution in [0.15, 0.2) is 18.2 Å². The quantitative estimate of drug-likeness (QED) is 0.689. The molecule has 0 aliphatic heterocycles. The van der Waals surface area contributed by atoms with Crippen molar-refractivity contribution >= 4 is 5.97 Å². The molecule has 0 radical (unpaired) electrons. The van der Waals surface area contributed by atoms with E-state index in [1.54, 1.807) is 0 Å². The lowest BCUT2D eigenvalue weighted by molar-refractivity contribution is -0.139. The van der Waals surface area contributed by atoms with E-state index >= 15 is 0 Å². The monoisotopic (exact) mass is 294 g/mol. The van der Waals surface area contributed by atoms with Crippen LogP contribution < -0.4 is 9.47 Å². The zero-order valence-electron chi connectivity index (χ0n) is 13.6. The van der Waals surface area contributed by atoms with Crippen LogP contribution >= 0.6 is 0 Å². The molecule has 0 aliphatic carbocycles. The minimum absolute atomic E-state index is 0.235. The molecule has 118 valence electrons. The number of benzene rings is 1. The Morgan fingerprint density at radius 2 is 1.57 bits per heavy atom. The van der Waals surface area contributed by atoms with Crippen LogP contribution in [0.3, 0.4) is 0 Å². The number of methoxy groups -OCH3 is 1. The normalized spacial score (nSPS) is 10.8. The first-order valence-corrected chi connectivity index (χ1v) is 7.37. The highest BCUT2D eigenvalue weighted by Gasteiger charge is 2.11. The Labute approximate surface area is 127 Å². The molecule has 0 N–H and O–H groups in total. The second kappa shape index (κ2) is 8.55. The van der Waals surface area contributed by atoms with Crippen LogP contribution in [0.5, 0.6) is 11.5 Å². The van der Waals surface area contributed by atoms with Crippen molar-refractivity contribution in [2.75, 3.05) is 20.3 Å². The summed E-state index contributed by atoms with van der Waals surface area (Å²) in [6.07, 6.45) is 0.235. The molecule has 0 atom stereocenters. The summed E-state index contributed by atoms with van der Waals surface area (Å²) in [4.78, 5) is 11.4. The summed E-state index contributed by atoms with van der Waals surface area (Å²) in [5.74, 6) is 2.01. The Bertz CT molecular complexity index is 452. The van der Waals surface area contributed by atoms with E-state index in [-0.39, 0.29) is 12.4 Å². The number of esters is 1. The summed E-state index contributed by atoms with van der Waals surface area (Å²) in [6, 6.07) is 5.58. The molecule has 21 heavy (non-hydrogen) atoms. The maximum atomic E-state index is 11.4. The first-order chi connectivity index (χ1) is 9.92. The molecule has 0 saturated heterocycles. The molecule has 1 aromatic rings. The zero-order chi connectivity index (χ0) is 15.8. The van der Waals surface area contributed by atoms with Gasteiger partial charge in [-0.2, -0.15) is 0 Å². The van der Waals surface area contributed by atoms with E-state index < -0.39 is 0 Å². The van der Waals surface area contributed by atoms with Gasteiger partial charge in [-0.25, -0.2) is 0 Å². The van der Waals surface area contributed by atoms with Crippen molar-refractivity contribution in [2.24, 2.45) is 11.8 Å². The van der Waals surface area contributed by atoms with Crippen molar-refractivity contribution < 1.29 is 19.0 Å². The predicted molar refractivity (Wildman–Crippen MR) is 82.8 cm³/mol. The van der Waals surface area contributed by atoms with Gasteiger partial charge in [0.25, 0.3) is 0 Å². The molecule has 0 saturated carbocycles. The highest BCUT2D eigenvalue weighted by molar-refractivity contribution is 5.72. The van der Waals surface area contributed by atoms with Crippen molar-refractivity contribution in [2.45, 2.75) is 34.1 Å². The van der Waals surface area contributed by atoms with Crippen LogP contribution in [0.1, 0.15) is 33.3 Å². The number of rotatable bonds is 8. The predicted octanol–water partition coefficient (Wildman–Crippen LogP) is 3.47. The third-order valence-electron chi connectivity index (χ3n) is 2.73. The second-order valence-electron chi connectivity index (χ2n) is 5.94. The van der Waals surface area contributed by atoms with Gasteiger partial charge in [0.15, 0.2) is 11.5 Å². The van der Waals surface area contributed by atoms with E-state index in [0.717, 1.165) is 11.3 Å². The average Bonchev–Trinajstić information content (AvgIpc) is 2.43. The lowest BCUT2D eigenvalue weighted by atomic mass is 10.1. The Balaban J connectivity index is 2.87. The smallest absolute Gasteiger partial charge is 0.309 e. The number of ether oxygens (including phenoxy) is 3. The number of carbonyl (C=O) groups is 1. The van der Waals surface area contributed by atoms with Gasteiger partial charge in [0.05, 0.1) is 26.7 Å². The van der Waals surface area contributed by atoms with Gasteiger partial charge in [0.1, 0.15) is 0 Å². The number of carbonyl (C=O) groups excluding carboxylic acids is 1. The van der Waals surface area contributed by atoms with Gasteiger partial charge in [-0.15, -0.1) is 0 Å². The summed E-state index contributed by atoms with van der Waals surface area (Å²) in [5, 5.41) is 0. The molecule has 0 fully saturated rings. The lowest BCUT2D eigenvalue weighted by Gasteiger charge is -2.16. The zero-order valence-corrected chi connectivity index (χ0v) is 13.6. The van der Waals surface area contributed by atoms with Crippen molar-refractivity contribution in [1.29, 1.82) is 0 Å². The Morgan fingerprint density at radius 1 is 1.00 bits per heavy atom. The molecule has 4 heteroatoms. The number of hydrogen-bond donors (Lipinski definition) is 0. The SMILES string of the molecule is COC(=O)Cc1ccc(OCC(C)C)c(OCC(C)C)c1. The van der Waals surface area contributed by atoms with E-state index in [0.29, 0.717) is 30.8 Å².